The summed E-state index contributed by atoms with van der Waals surface area (Å²) in [6.45, 7) is 3.00. The zero-order chi connectivity index (χ0) is 15.6. The minimum Gasteiger partial charge on any atom is -0.320 e. The molecule has 1 aliphatic heterocycles. The molecule has 1 aliphatic rings. The fourth-order valence-electron chi connectivity index (χ4n) is 3.30. The van der Waals surface area contributed by atoms with E-state index in [-0.39, 0.29) is 5.91 Å². The summed E-state index contributed by atoms with van der Waals surface area (Å²) >= 11 is 0. The van der Waals surface area contributed by atoms with E-state index in [0.717, 1.165) is 36.3 Å². The van der Waals surface area contributed by atoms with E-state index in [1.807, 2.05) is 60.5 Å². The molecule has 1 heterocycles. The van der Waals surface area contributed by atoms with E-state index in [0.29, 0.717) is 0 Å². The first-order chi connectivity index (χ1) is 10.7. The van der Waals surface area contributed by atoms with Crippen molar-refractivity contribution in [1.29, 1.82) is 0 Å². The van der Waals surface area contributed by atoms with Gasteiger partial charge in [0.15, 0.2) is 0 Å². The summed E-state index contributed by atoms with van der Waals surface area (Å²) in [6, 6.07) is 18.1. The number of carbonyl (C=O) groups is 1. The molecule has 3 rings (SSSR count). The fourth-order valence-corrected chi connectivity index (χ4v) is 3.30. The van der Waals surface area contributed by atoms with Gasteiger partial charge in [-0.05, 0) is 57.1 Å². The molecule has 0 aliphatic carbocycles. The van der Waals surface area contributed by atoms with E-state index >= 15 is 0 Å². The number of amides is 1. The van der Waals surface area contributed by atoms with Gasteiger partial charge in [0.1, 0.15) is 0 Å². The van der Waals surface area contributed by atoms with Crippen LogP contribution in [0.3, 0.4) is 0 Å². The van der Waals surface area contributed by atoms with Crippen molar-refractivity contribution < 1.29 is 4.79 Å². The van der Waals surface area contributed by atoms with Crippen LogP contribution in [-0.4, -0.2) is 19.5 Å². The molecule has 0 fully saturated rings. The highest BCUT2D eigenvalue weighted by molar-refractivity contribution is 6.12. The predicted octanol–water partition coefficient (Wildman–Crippen LogP) is 3.62. The first kappa shape index (κ1) is 14.8. The van der Waals surface area contributed by atoms with Crippen LogP contribution in [0.5, 0.6) is 0 Å². The Morgan fingerprint density at radius 2 is 1.73 bits per heavy atom. The molecule has 114 valence electrons. The average Bonchev–Trinajstić information content (AvgIpc) is 2.77. The SMILES string of the molecule is CNCCC[C@]1(C)C(=O)N(c2ccccc2)c2ccccc21. The molecule has 0 spiro atoms. The highest BCUT2D eigenvalue weighted by atomic mass is 16.2. The van der Waals surface area contributed by atoms with Crippen LogP contribution >= 0.6 is 0 Å². The van der Waals surface area contributed by atoms with Crippen LogP contribution < -0.4 is 10.2 Å². The molecular weight excluding hydrogens is 272 g/mol. The largest absolute Gasteiger partial charge is 0.320 e. The van der Waals surface area contributed by atoms with Gasteiger partial charge in [-0.2, -0.15) is 0 Å². The predicted molar refractivity (Wildman–Crippen MR) is 90.5 cm³/mol. The average molecular weight is 294 g/mol. The Morgan fingerprint density at radius 1 is 1.05 bits per heavy atom. The molecule has 1 N–H and O–H groups in total. The maximum absolute atomic E-state index is 13.2. The van der Waals surface area contributed by atoms with Crippen molar-refractivity contribution in [3.05, 3.63) is 60.2 Å². The van der Waals surface area contributed by atoms with Crippen molar-refractivity contribution in [2.75, 3.05) is 18.5 Å². The number of hydrogen-bond acceptors (Lipinski definition) is 2. The van der Waals surface area contributed by atoms with Crippen molar-refractivity contribution in [3.8, 4) is 0 Å². The molecule has 1 amide bonds. The number of para-hydroxylation sites is 2. The first-order valence-corrected chi connectivity index (χ1v) is 7.82. The number of nitrogens with zero attached hydrogens (tertiary/aromatic N) is 1. The van der Waals surface area contributed by atoms with Crippen molar-refractivity contribution in [2.24, 2.45) is 0 Å². The minimum absolute atomic E-state index is 0.177. The molecule has 3 nitrogen and oxygen atoms in total. The Labute approximate surface area is 132 Å². The molecule has 22 heavy (non-hydrogen) atoms. The zero-order valence-electron chi connectivity index (χ0n) is 13.2. The molecule has 0 unspecified atom stereocenters. The Balaban J connectivity index is 2.03. The number of carbonyl (C=O) groups excluding carboxylic acids is 1. The Kier molecular flexibility index (Phi) is 3.99. The summed E-state index contributed by atoms with van der Waals surface area (Å²) in [6.07, 6.45) is 1.84. The van der Waals surface area contributed by atoms with Crippen LogP contribution in [0.4, 0.5) is 11.4 Å². The van der Waals surface area contributed by atoms with Crippen LogP contribution in [-0.2, 0) is 10.2 Å². The van der Waals surface area contributed by atoms with Gasteiger partial charge in [-0.3, -0.25) is 9.69 Å². The highest BCUT2D eigenvalue weighted by Gasteiger charge is 2.47. The van der Waals surface area contributed by atoms with Gasteiger partial charge in [0.2, 0.25) is 5.91 Å². The molecule has 0 bridgehead atoms. The molecule has 0 saturated carbocycles. The van der Waals surface area contributed by atoms with E-state index in [2.05, 4.69) is 18.3 Å². The molecular formula is C19H22N2O. The summed E-state index contributed by atoms with van der Waals surface area (Å²) < 4.78 is 0. The molecule has 2 aromatic rings. The lowest BCUT2D eigenvalue weighted by Crippen LogP contribution is -2.36. The summed E-state index contributed by atoms with van der Waals surface area (Å²) in [4.78, 5) is 15.1. The third-order valence-electron chi connectivity index (χ3n) is 4.53. The van der Waals surface area contributed by atoms with E-state index in [4.69, 9.17) is 0 Å². The lowest BCUT2D eigenvalue weighted by molar-refractivity contribution is -0.122. The lowest BCUT2D eigenvalue weighted by Gasteiger charge is -2.24. The number of nitrogens with one attached hydrogen (secondary N) is 1. The standard InChI is InChI=1S/C19H22N2O/c1-19(13-8-14-20-2)16-11-6-7-12-17(16)21(18(19)22)15-9-4-3-5-10-15/h3-7,9-12,20H,8,13-14H2,1-2H3/t19-/m0/s1. The van der Waals surface area contributed by atoms with Crippen molar-refractivity contribution in [3.63, 3.8) is 0 Å². The lowest BCUT2D eigenvalue weighted by atomic mass is 9.79. The van der Waals surface area contributed by atoms with E-state index < -0.39 is 5.41 Å². The Morgan fingerprint density at radius 3 is 2.45 bits per heavy atom. The van der Waals surface area contributed by atoms with Crippen LogP contribution in [0.1, 0.15) is 25.3 Å². The maximum atomic E-state index is 13.2. The Hall–Kier alpha value is -2.13. The third-order valence-corrected chi connectivity index (χ3v) is 4.53. The zero-order valence-corrected chi connectivity index (χ0v) is 13.2. The van der Waals surface area contributed by atoms with E-state index in [9.17, 15) is 4.79 Å². The molecule has 0 aromatic heterocycles. The van der Waals surface area contributed by atoms with Crippen LogP contribution in [0.25, 0.3) is 0 Å². The van der Waals surface area contributed by atoms with Gasteiger partial charge in [0.05, 0.1) is 11.1 Å². The minimum atomic E-state index is -0.441. The van der Waals surface area contributed by atoms with E-state index in [1.165, 1.54) is 0 Å². The summed E-state index contributed by atoms with van der Waals surface area (Å²) in [5.41, 5.74) is 2.66. The van der Waals surface area contributed by atoms with Crippen molar-refractivity contribution in [2.45, 2.75) is 25.2 Å². The Bertz CT molecular complexity index is 668. The van der Waals surface area contributed by atoms with Gasteiger partial charge in [-0.1, -0.05) is 36.4 Å². The number of fused-ring (bicyclic) bond motifs is 1. The summed E-state index contributed by atoms with van der Waals surface area (Å²) in [5, 5.41) is 3.17. The normalized spacial score (nSPS) is 20.3. The topological polar surface area (TPSA) is 32.3 Å². The van der Waals surface area contributed by atoms with Crippen molar-refractivity contribution in [1.82, 2.24) is 5.32 Å². The summed E-state index contributed by atoms with van der Waals surface area (Å²) in [7, 11) is 1.95. The highest BCUT2D eigenvalue weighted by Crippen LogP contribution is 2.47. The number of rotatable bonds is 5. The van der Waals surface area contributed by atoms with Crippen molar-refractivity contribution >= 4 is 17.3 Å². The van der Waals surface area contributed by atoms with Gasteiger partial charge in [-0.25, -0.2) is 0 Å². The van der Waals surface area contributed by atoms with Gasteiger partial charge in [-0.15, -0.1) is 0 Å². The molecule has 0 saturated heterocycles. The number of hydrogen-bond donors (Lipinski definition) is 1. The van der Waals surface area contributed by atoms with Gasteiger partial charge in [0, 0.05) is 5.69 Å². The monoisotopic (exact) mass is 294 g/mol. The third kappa shape index (κ3) is 2.32. The molecule has 0 radical (unpaired) electrons. The van der Waals surface area contributed by atoms with Crippen LogP contribution in [0, 0.1) is 0 Å². The molecule has 3 heteroatoms. The van der Waals surface area contributed by atoms with Crippen LogP contribution in [0.15, 0.2) is 54.6 Å². The second-order valence-corrected chi connectivity index (χ2v) is 6.03. The fraction of sp³-hybridized carbons (Fsp3) is 0.316. The quantitative estimate of drug-likeness (QED) is 0.854. The smallest absolute Gasteiger partial charge is 0.241 e. The molecule has 1 atom stereocenters. The van der Waals surface area contributed by atoms with Gasteiger partial charge in [0.25, 0.3) is 0 Å². The maximum Gasteiger partial charge on any atom is 0.241 e. The first-order valence-electron chi connectivity index (χ1n) is 7.82. The summed E-state index contributed by atoms with van der Waals surface area (Å²) in [5.74, 6) is 0.177. The van der Waals surface area contributed by atoms with E-state index in [1.54, 1.807) is 0 Å². The van der Waals surface area contributed by atoms with Crippen LogP contribution in [0.2, 0.25) is 0 Å². The second kappa shape index (κ2) is 5.93. The number of benzene rings is 2. The number of anilines is 2. The second-order valence-electron chi connectivity index (χ2n) is 6.03. The van der Waals surface area contributed by atoms with Gasteiger partial charge >= 0.3 is 0 Å². The molecule has 2 aromatic carbocycles. The van der Waals surface area contributed by atoms with Gasteiger partial charge < -0.3 is 5.32 Å².